The maximum Gasteiger partial charge on any atom is 0.315 e. The molecule has 1 N–H and O–H groups in total. The highest BCUT2D eigenvalue weighted by molar-refractivity contribution is 8.00. The lowest BCUT2D eigenvalue weighted by Crippen LogP contribution is -2.03. The van der Waals surface area contributed by atoms with Crippen LogP contribution >= 0.6 is 11.8 Å². The number of hydrogen-bond donors (Lipinski definition) is 1. The number of rotatable bonds is 4. The van der Waals surface area contributed by atoms with Gasteiger partial charge in [-0.25, -0.2) is 0 Å². The SMILES string of the molecule is COC(=O)CSc1ccc([C@H](C)O)nc1. The number of nitrogens with zero attached hydrogens (tertiary/aromatic N) is 1. The Balaban J connectivity index is 2.53. The topological polar surface area (TPSA) is 59.4 Å². The van der Waals surface area contributed by atoms with Crippen molar-refractivity contribution in [3.63, 3.8) is 0 Å². The minimum atomic E-state index is -0.565. The van der Waals surface area contributed by atoms with Crippen molar-refractivity contribution in [2.24, 2.45) is 0 Å². The van der Waals surface area contributed by atoms with Crippen molar-refractivity contribution in [1.82, 2.24) is 4.98 Å². The molecular formula is C10H13NO3S. The molecule has 0 bridgehead atoms. The summed E-state index contributed by atoms with van der Waals surface area (Å²) in [6.45, 7) is 1.66. The maximum atomic E-state index is 10.9. The van der Waals surface area contributed by atoms with Gasteiger partial charge in [-0.1, -0.05) is 0 Å². The number of methoxy groups -OCH3 is 1. The number of hydrogen-bond acceptors (Lipinski definition) is 5. The molecule has 0 radical (unpaired) electrons. The first-order valence-electron chi connectivity index (χ1n) is 4.47. The molecule has 1 aromatic heterocycles. The second-order valence-electron chi connectivity index (χ2n) is 2.96. The van der Waals surface area contributed by atoms with E-state index in [4.69, 9.17) is 0 Å². The van der Waals surface area contributed by atoms with E-state index in [1.165, 1.54) is 18.9 Å². The normalized spacial score (nSPS) is 12.2. The van der Waals surface area contributed by atoms with Crippen LogP contribution in [0.2, 0.25) is 0 Å². The van der Waals surface area contributed by atoms with Gasteiger partial charge in [-0.2, -0.15) is 0 Å². The van der Waals surface area contributed by atoms with Crippen molar-refractivity contribution in [1.29, 1.82) is 0 Å². The second-order valence-corrected chi connectivity index (χ2v) is 4.01. The number of esters is 1. The molecule has 0 amide bonds. The molecule has 1 rings (SSSR count). The number of carbonyl (C=O) groups excluding carboxylic acids is 1. The van der Waals surface area contributed by atoms with E-state index < -0.39 is 6.10 Å². The molecule has 0 spiro atoms. The van der Waals surface area contributed by atoms with Gasteiger partial charge < -0.3 is 9.84 Å². The van der Waals surface area contributed by atoms with E-state index in [-0.39, 0.29) is 11.7 Å². The van der Waals surface area contributed by atoms with E-state index in [1.54, 1.807) is 19.2 Å². The maximum absolute atomic E-state index is 10.9. The zero-order valence-corrected chi connectivity index (χ0v) is 9.45. The van der Waals surface area contributed by atoms with Crippen LogP contribution in [0.4, 0.5) is 0 Å². The summed E-state index contributed by atoms with van der Waals surface area (Å²) < 4.78 is 4.51. The lowest BCUT2D eigenvalue weighted by molar-refractivity contribution is -0.137. The van der Waals surface area contributed by atoms with Gasteiger partial charge in [-0.05, 0) is 19.1 Å². The Hall–Kier alpha value is -1.07. The average Bonchev–Trinajstić information content (AvgIpc) is 2.26. The Labute approximate surface area is 92.7 Å². The lowest BCUT2D eigenvalue weighted by atomic mass is 10.2. The molecule has 0 aliphatic carbocycles. The van der Waals surface area contributed by atoms with Gasteiger partial charge in [-0.3, -0.25) is 9.78 Å². The summed E-state index contributed by atoms with van der Waals surface area (Å²) in [5.74, 6) is 0.00579. The molecule has 0 saturated heterocycles. The molecule has 1 atom stereocenters. The molecular weight excluding hydrogens is 214 g/mol. The van der Waals surface area contributed by atoms with Crippen molar-refractivity contribution in [2.45, 2.75) is 17.9 Å². The zero-order chi connectivity index (χ0) is 11.3. The molecule has 0 saturated carbocycles. The molecule has 0 aliphatic rings. The number of aromatic nitrogens is 1. The van der Waals surface area contributed by atoms with E-state index in [0.717, 1.165) is 4.90 Å². The third kappa shape index (κ3) is 3.89. The van der Waals surface area contributed by atoms with Crippen LogP contribution in [0.3, 0.4) is 0 Å². The van der Waals surface area contributed by atoms with E-state index >= 15 is 0 Å². The first-order chi connectivity index (χ1) is 7.13. The van der Waals surface area contributed by atoms with E-state index in [0.29, 0.717) is 5.69 Å². The summed E-state index contributed by atoms with van der Waals surface area (Å²) in [6, 6.07) is 3.56. The lowest BCUT2D eigenvalue weighted by Gasteiger charge is -2.04. The van der Waals surface area contributed by atoms with Gasteiger partial charge in [0.2, 0.25) is 0 Å². The predicted molar refractivity (Wildman–Crippen MR) is 57.6 cm³/mol. The monoisotopic (exact) mass is 227 g/mol. The number of ether oxygens (including phenoxy) is 1. The van der Waals surface area contributed by atoms with Crippen LogP contribution in [0.5, 0.6) is 0 Å². The highest BCUT2D eigenvalue weighted by Crippen LogP contribution is 2.18. The Morgan fingerprint density at radius 3 is 2.87 bits per heavy atom. The molecule has 1 heterocycles. The Morgan fingerprint density at radius 1 is 1.67 bits per heavy atom. The molecule has 4 nitrogen and oxygen atoms in total. The number of carbonyl (C=O) groups is 1. The molecule has 0 aliphatic heterocycles. The van der Waals surface area contributed by atoms with Gasteiger partial charge in [0.15, 0.2) is 0 Å². The van der Waals surface area contributed by atoms with Crippen LogP contribution in [-0.2, 0) is 9.53 Å². The van der Waals surface area contributed by atoms with E-state index in [9.17, 15) is 9.90 Å². The van der Waals surface area contributed by atoms with Crippen LogP contribution in [0.25, 0.3) is 0 Å². The van der Waals surface area contributed by atoms with Crippen molar-refractivity contribution in [3.05, 3.63) is 24.0 Å². The predicted octanol–water partition coefficient (Wildman–Crippen LogP) is 1.40. The average molecular weight is 227 g/mol. The quantitative estimate of drug-likeness (QED) is 0.622. The fraction of sp³-hybridized carbons (Fsp3) is 0.400. The standard InChI is InChI=1S/C10H13NO3S/c1-7(12)9-4-3-8(5-11-9)15-6-10(13)14-2/h3-5,7,12H,6H2,1-2H3/t7-/m0/s1. The van der Waals surface area contributed by atoms with Gasteiger partial charge in [0.1, 0.15) is 0 Å². The van der Waals surface area contributed by atoms with Gasteiger partial charge in [0, 0.05) is 11.1 Å². The Bertz CT molecular complexity index is 324. The molecule has 1 aromatic rings. The van der Waals surface area contributed by atoms with Crippen molar-refractivity contribution >= 4 is 17.7 Å². The van der Waals surface area contributed by atoms with Gasteiger partial charge in [0.05, 0.1) is 24.7 Å². The van der Waals surface area contributed by atoms with Crippen LogP contribution in [0.15, 0.2) is 23.2 Å². The summed E-state index contributed by atoms with van der Waals surface area (Å²) in [4.78, 5) is 15.8. The Kier molecular flexibility index (Phi) is 4.58. The highest BCUT2D eigenvalue weighted by atomic mass is 32.2. The third-order valence-electron chi connectivity index (χ3n) is 1.77. The van der Waals surface area contributed by atoms with Crippen LogP contribution in [-0.4, -0.2) is 28.9 Å². The summed E-state index contributed by atoms with van der Waals surface area (Å²) in [7, 11) is 1.36. The van der Waals surface area contributed by atoms with Crippen molar-refractivity contribution in [3.8, 4) is 0 Å². The molecule has 15 heavy (non-hydrogen) atoms. The third-order valence-corrected chi connectivity index (χ3v) is 2.73. The summed E-state index contributed by atoms with van der Waals surface area (Å²) in [5.41, 5.74) is 0.623. The van der Waals surface area contributed by atoms with Gasteiger partial charge >= 0.3 is 5.97 Å². The Morgan fingerprint density at radius 2 is 2.40 bits per heavy atom. The minimum absolute atomic E-state index is 0.264. The molecule has 0 unspecified atom stereocenters. The number of aliphatic hydroxyl groups excluding tert-OH is 1. The number of aliphatic hydroxyl groups is 1. The molecule has 5 heteroatoms. The summed E-state index contributed by atoms with van der Waals surface area (Å²) >= 11 is 1.35. The molecule has 82 valence electrons. The van der Waals surface area contributed by atoms with Crippen LogP contribution in [0, 0.1) is 0 Å². The molecule has 0 fully saturated rings. The number of pyridine rings is 1. The largest absolute Gasteiger partial charge is 0.468 e. The second kappa shape index (κ2) is 5.72. The number of thioether (sulfide) groups is 1. The first kappa shape index (κ1) is 12.0. The van der Waals surface area contributed by atoms with Crippen LogP contribution < -0.4 is 0 Å². The minimum Gasteiger partial charge on any atom is -0.468 e. The van der Waals surface area contributed by atoms with Gasteiger partial charge in [-0.15, -0.1) is 11.8 Å². The zero-order valence-electron chi connectivity index (χ0n) is 8.64. The van der Waals surface area contributed by atoms with Crippen molar-refractivity contribution < 1.29 is 14.6 Å². The summed E-state index contributed by atoms with van der Waals surface area (Å²) in [6.07, 6.45) is 1.07. The fourth-order valence-electron chi connectivity index (χ4n) is 0.925. The van der Waals surface area contributed by atoms with E-state index in [2.05, 4.69) is 9.72 Å². The first-order valence-corrected chi connectivity index (χ1v) is 5.45. The van der Waals surface area contributed by atoms with Crippen LogP contribution in [0.1, 0.15) is 18.7 Å². The summed E-state index contributed by atoms with van der Waals surface area (Å²) in [5, 5.41) is 9.23. The van der Waals surface area contributed by atoms with Gasteiger partial charge in [0.25, 0.3) is 0 Å². The highest BCUT2D eigenvalue weighted by Gasteiger charge is 2.04. The smallest absolute Gasteiger partial charge is 0.315 e. The molecule has 0 aromatic carbocycles. The van der Waals surface area contributed by atoms with Crippen molar-refractivity contribution in [2.75, 3.05) is 12.9 Å². The van der Waals surface area contributed by atoms with E-state index in [1.807, 2.05) is 6.07 Å². The fourth-order valence-corrected chi connectivity index (χ4v) is 1.62.